The second-order valence-corrected chi connectivity index (χ2v) is 12.5. The average molecular weight is 755 g/mol. The summed E-state index contributed by atoms with van der Waals surface area (Å²) in [5.41, 5.74) is 0.972. The highest BCUT2D eigenvalue weighted by atomic mass is 32.2. The van der Waals surface area contributed by atoms with E-state index in [1.54, 1.807) is 12.1 Å². The molecular formula is C35H62O15S. The Balaban J connectivity index is 1.67. The van der Waals surface area contributed by atoms with E-state index in [2.05, 4.69) is 6.92 Å². The van der Waals surface area contributed by atoms with Crippen LogP contribution in [0.4, 0.5) is 0 Å². The van der Waals surface area contributed by atoms with Gasteiger partial charge in [-0.25, -0.2) is 0 Å². The molecule has 0 fully saturated rings. The Morgan fingerprint density at radius 2 is 0.784 bits per heavy atom. The van der Waals surface area contributed by atoms with E-state index in [9.17, 15) is 13.2 Å². The molecule has 51 heavy (non-hydrogen) atoms. The summed E-state index contributed by atoms with van der Waals surface area (Å²) >= 11 is 0. The summed E-state index contributed by atoms with van der Waals surface area (Å²) in [6.45, 7) is 12.8. The number of esters is 1. The first-order valence-corrected chi connectivity index (χ1v) is 19.3. The van der Waals surface area contributed by atoms with Gasteiger partial charge in [0, 0.05) is 6.42 Å². The highest BCUT2D eigenvalue weighted by molar-refractivity contribution is 7.86. The smallest absolute Gasteiger partial charge is 0.305 e. The first kappa shape index (κ1) is 47.2. The van der Waals surface area contributed by atoms with Crippen LogP contribution in [0.1, 0.15) is 38.2 Å². The van der Waals surface area contributed by atoms with Crippen molar-refractivity contribution in [1.29, 1.82) is 0 Å². The molecule has 0 amide bonds. The van der Waals surface area contributed by atoms with Crippen molar-refractivity contribution in [3.8, 4) is 0 Å². The van der Waals surface area contributed by atoms with E-state index in [1.165, 1.54) is 12.1 Å². The lowest BCUT2D eigenvalue weighted by Crippen LogP contribution is -2.16. The highest BCUT2D eigenvalue weighted by Crippen LogP contribution is 2.13. The van der Waals surface area contributed by atoms with Crippen LogP contribution in [-0.2, 0) is 71.2 Å². The molecule has 16 heteroatoms. The maximum atomic E-state index is 12.1. The minimum Gasteiger partial charge on any atom is -0.463 e. The SMILES string of the molecule is CCCCCC(=O)OCCOCCOCCOCCOCCOCCOCCOCCOCCOCCOCCOS(=O)(=O)c1ccc(C)cc1. The van der Waals surface area contributed by atoms with E-state index in [-0.39, 0.29) is 30.7 Å². The van der Waals surface area contributed by atoms with Gasteiger partial charge in [-0.3, -0.25) is 8.98 Å². The van der Waals surface area contributed by atoms with Gasteiger partial charge < -0.3 is 52.1 Å². The first-order valence-electron chi connectivity index (χ1n) is 17.8. The molecule has 0 bridgehead atoms. The number of ether oxygens (including phenoxy) is 11. The molecule has 15 nitrogen and oxygen atoms in total. The fourth-order valence-corrected chi connectivity index (χ4v) is 4.76. The third kappa shape index (κ3) is 31.4. The van der Waals surface area contributed by atoms with Crippen LogP contribution in [0.5, 0.6) is 0 Å². The third-order valence-corrected chi connectivity index (χ3v) is 7.93. The van der Waals surface area contributed by atoms with E-state index in [4.69, 9.17) is 56.3 Å². The lowest BCUT2D eigenvalue weighted by molar-refractivity contribution is -0.145. The number of rotatable bonds is 39. The summed E-state index contributed by atoms with van der Waals surface area (Å²) in [6.07, 6.45) is 3.47. The van der Waals surface area contributed by atoms with Gasteiger partial charge in [0.2, 0.25) is 0 Å². The number of carbonyl (C=O) groups excluding carboxylic acids is 1. The topological polar surface area (TPSA) is 162 Å². The lowest BCUT2D eigenvalue weighted by Gasteiger charge is -2.09. The Labute approximate surface area is 304 Å². The standard InChI is InChI=1S/C35H62O15S/c1-3-4-5-6-35(36)49-31-29-47-27-25-45-23-21-43-19-17-41-15-13-39-11-12-40-14-16-42-18-20-44-22-24-46-26-28-48-30-32-50-51(37,38)34-9-7-33(2)8-10-34/h7-10H,3-6,11-32H2,1-2H3. The van der Waals surface area contributed by atoms with Gasteiger partial charge in [0.15, 0.2) is 0 Å². The third-order valence-electron chi connectivity index (χ3n) is 6.60. The Hall–Kier alpha value is -1.80. The van der Waals surface area contributed by atoms with Crippen molar-refractivity contribution in [3.63, 3.8) is 0 Å². The van der Waals surface area contributed by atoms with Crippen LogP contribution in [0.3, 0.4) is 0 Å². The normalized spacial score (nSPS) is 11.7. The van der Waals surface area contributed by atoms with Gasteiger partial charge in [-0.05, 0) is 25.5 Å². The van der Waals surface area contributed by atoms with Gasteiger partial charge in [0.1, 0.15) is 6.61 Å². The van der Waals surface area contributed by atoms with Crippen LogP contribution in [-0.4, -0.2) is 160 Å². The van der Waals surface area contributed by atoms with Crippen molar-refractivity contribution in [1.82, 2.24) is 0 Å². The Morgan fingerprint density at radius 1 is 0.471 bits per heavy atom. The molecular weight excluding hydrogens is 692 g/mol. The van der Waals surface area contributed by atoms with Crippen molar-refractivity contribution in [2.75, 3.05) is 145 Å². The van der Waals surface area contributed by atoms with Gasteiger partial charge >= 0.3 is 5.97 Å². The average Bonchev–Trinajstić information content (AvgIpc) is 3.12. The number of aryl methyl sites for hydroxylation is 1. The van der Waals surface area contributed by atoms with Crippen LogP contribution in [0.25, 0.3) is 0 Å². The molecule has 0 radical (unpaired) electrons. The zero-order valence-electron chi connectivity index (χ0n) is 30.7. The van der Waals surface area contributed by atoms with Crippen LogP contribution in [0.15, 0.2) is 29.2 Å². The lowest BCUT2D eigenvalue weighted by atomic mass is 10.2. The number of benzene rings is 1. The minimum atomic E-state index is -3.78. The largest absolute Gasteiger partial charge is 0.463 e. The van der Waals surface area contributed by atoms with Crippen LogP contribution >= 0.6 is 0 Å². The predicted octanol–water partition coefficient (Wildman–Crippen LogP) is 2.99. The monoisotopic (exact) mass is 754 g/mol. The predicted molar refractivity (Wildman–Crippen MR) is 188 cm³/mol. The summed E-state index contributed by atoms with van der Waals surface area (Å²) in [6, 6.07) is 6.47. The molecule has 0 aromatic heterocycles. The number of carbonyl (C=O) groups is 1. The summed E-state index contributed by atoms with van der Waals surface area (Å²) in [4.78, 5) is 11.6. The van der Waals surface area contributed by atoms with Gasteiger partial charge in [0.25, 0.3) is 10.1 Å². The molecule has 0 aliphatic heterocycles. The summed E-state index contributed by atoms with van der Waals surface area (Å²) in [7, 11) is -3.78. The van der Waals surface area contributed by atoms with Crippen LogP contribution in [0, 0.1) is 6.92 Å². The van der Waals surface area contributed by atoms with Crippen LogP contribution in [0.2, 0.25) is 0 Å². The molecule has 0 spiro atoms. The molecule has 0 heterocycles. The Morgan fingerprint density at radius 3 is 1.12 bits per heavy atom. The zero-order valence-corrected chi connectivity index (χ0v) is 31.5. The molecule has 0 aliphatic rings. The Kier molecular flexibility index (Phi) is 32.6. The van der Waals surface area contributed by atoms with Crippen LogP contribution < -0.4 is 0 Å². The highest BCUT2D eigenvalue weighted by Gasteiger charge is 2.14. The summed E-state index contributed by atoms with van der Waals surface area (Å²) in [5.74, 6) is -0.167. The number of hydrogen-bond donors (Lipinski definition) is 0. The van der Waals surface area contributed by atoms with Crippen molar-refractivity contribution in [2.45, 2.75) is 44.4 Å². The summed E-state index contributed by atoms with van der Waals surface area (Å²) in [5, 5.41) is 0. The molecule has 0 saturated carbocycles. The molecule has 0 atom stereocenters. The molecule has 298 valence electrons. The quantitative estimate of drug-likeness (QED) is 0.0548. The molecule has 1 aromatic carbocycles. The van der Waals surface area contributed by atoms with Crippen molar-refractivity contribution in [3.05, 3.63) is 29.8 Å². The molecule has 0 saturated heterocycles. The van der Waals surface area contributed by atoms with Crippen molar-refractivity contribution in [2.24, 2.45) is 0 Å². The van der Waals surface area contributed by atoms with Gasteiger partial charge in [0.05, 0.1) is 144 Å². The summed E-state index contributed by atoms with van der Waals surface area (Å²) < 4.78 is 88.6. The maximum Gasteiger partial charge on any atom is 0.305 e. The van der Waals surface area contributed by atoms with Gasteiger partial charge in [-0.2, -0.15) is 8.42 Å². The van der Waals surface area contributed by atoms with E-state index in [0.717, 1.165) is 24.8 Å². The Bertz CT molecular complexity index is 1010. The fourth-order valence-electron chi connectivity index (χ4n) is 3.86. The molecule has 1 rings (SSSR count). The molecule has 0 N–H and O–H groups in total. The fraction of sp³-hybridized carbons (Fsp3) is 0.800. The maximum absolute atomic E-state index is 12.1. The molecule has 1 aromatic rings. The number of unbranched alkanes of at least 4 members (excludes halogenated alkanes) is 2. The van der Waals surface area contributed by atoms with Crippen molar-refractivity contribution < 1.29 is 69.5 Å². The number of hydrogen-bond acceptors (Lipinski definition) is 15. The van der Waals surface area contributed by atoms with Crippen molar-refractivity contribution >= 4 is 16.1 Å². The second kappa shape index (κ2) is 35.2. The van der Waals surface area contributed by atoms with E-state index in [1.807, 2.05) is 6.92 Å². The van der Waals surface area contributed by atoms with Gasteiger partial charge in [-0.1, -0.05) is 37.5 Å². The van der Waals surface area contributed by atoms with Gasteiger partial charge in [-0.15, -0.1) is 0 Å². The molecule has 0 aliphatic carbocycles. The second-order valence-electron chi connectivity index (χ2n) is 10.9. The van der Waals surface area contributed by atoms with E-state index < -0.39 is 10.1 Å². The van der Waals surface area contributed by atoms with E-state index >= 15 is 0 Å². The molecule has 0 unspecified atom stereocenters. The minimum absolute atomic E-state index is 0.0633. The zero-order chi connectivity index (χ0) is 36.9. The first-order chi connectivity index (χ1) is 25.0. The van der Waals surface area contributed by atoms with E-state index in [0.29, 0.717) is 132 Å².